The molecule has 0 atom stereocenters. The molecule has 0 saturated heterocycles. The van der Waals surface area contributed by atoms with Crippen molar-refractivity contribution in [3.05, 3.63) is 100 Å². The monoisotopic (exact) mass is 388 g/mol. The number of nitrogens with zero attached hydrogens (tertiary/aromatic N) is 2. The molecule has 0 radical (unpaired) electrons. The standard InChI is InChI=1S/C22H17BrN2/c23-19-10-6-9-18(15-19)16-25-21-12-5-4-11-20(21)24-22(25)14-13-17-7-2-1-3-8-17/h1-15H,16H2/b14-13+. The number of hydrogen-bond donors (Lipinski definition) is 0. The van der Waals surface area contributed by atoms with Gasteiger partial charge < -0.3 is 4.57 Å². The van der Waals surface area contributed by atoms with Crippen LogP contribution >= 0.6 is 15.9 Å². The van der Waals surface area contributed by atoms with E-state index in [4.69, 9.17) is 4.98 Å². The number of rotatable bonds is 4. The third-order valence-corrected chi connectivity index (χ3v) is 4.63. The Morgan fingerprint density at radius 2 is 1.64 bits per heavy atom. The van der Waals surface area contributed by atoms with Crippen LogP contribution in [0.5, 0.6) is 0 Å². The van der Waals surface area contributed by atoms with E-state index >= 15 is 0 Å². The molecule has 1 heterocycles. The smallest absolute Gasteiger partial charge is 0.134 e. The number of aromatic nitrogens is 2. The second-order valence-corrected chi connectivity index (χ2v) is 6.83. The zero-order valence-corrected chi connectivity index (χ0v) is 15.2. The van der Waals surface area contributed by atoms with Crippen LogP contribution in [0, 0.1) is 0 Å². The number of halogens is 1. The van der Waals surface area contributed by atoms with Gasteiger partial charge in [0.15, 0.2) is 0 Å². The number of imidazole rings is 1. The molecule has 0 amide bonds. The molecular weight excluding hydrogens is 372 g/mol. The normalized spacial score (nSPS) is 11.4. The predicted octanol–water partition coefficient (Wildman–Crippen LogP) is 6.02. The molecule has 4 aromatic rings. The van der Waals surface area contributed by atoms with Gasteiger partial charge in [-0.1, -0.05) is 76.6 Å². The van der Waals surface area contributed by atoms with Crippen molar-refractivity contribution in [3.63, 3.8) is 0 Å². The van der Waals surface area contributed by atoms with Gasteiger partial charge in [-0.2, -0.15) is 0 Å². The molecule has 0 aliphatic rings. The fraction of sp³-hybridized carbons (Fsp3) is 0.0455. The van der Waals surface area contributed by atoms with E-state index < -0.39 is 0 Å². The first-order valence-electron chi connectivity index (χ1n) is 8.22. The van der Waals surface area contributed by atoms with Crippen molar-refractivity contribution in [2.24, 2.45) is 0 Å². The first-order chi connectivity index (χ1) is 12.3. The van der Waals surface area contributed by atoms with Crippen molar-refractivity contribution < 1.29 is 0 Å². The summed E-state index contributed by atoms with van der Waals surface area (Å²) in [4.78, 5) is 4.81. The molecule has 122 valence electrons. The molecule has 0 spiro atoms. The van der Waals surface area contributed by atoms with Crippen molar-refractivity contribution in [3.8, 4) is 0 Å². The van der Waals surface area contributed by atoms with E-state index in [-0.39, 0.29) is 0 Å². The quantitative estimate of drug-likeness (QED) is 0.418. The topological polar surface area (TPSA) is 17.8 Å². The van der Waals surface area contributed by atoms with E-state index in [1.807, 2.05) is 30.3 Å². The molecule has 2 nitrogen and oxygen atoms in total. The molecule has 1 aromatic heterocycles. The van der Waals surface area contributed by atoms with E-state index in [0.717, 1.165) is 27.9 Å². The summed E-state index contributed by atoms with van der Waals surface area (Å²) in [5.74, 6) is 0.963. The average Bonchev–Trinajstić information content (AvgIpc) is 2.99. The SMILES string of the molecule is Brc1cccc(Cn2c(/C=C/c3ccccc3)nc3ccccc32)c1. The minimum Gasteiger partial charge on any atom is -0.320 e. The van der Waals surface area contributed by atoms with Crippen molar-refractivity contribution in [1.82, 2.24) is 9.55 Å². The Morgan fingerprint density at radius 1 is 0.840 bits per heavy atom. The Labute approximate surface area is 155 Å². The van der Waals surface area contributed by atoms with Crippen LogP contribution in [0.25, 0.3) is 23.2 Å². The van der Waals surface area contributed by atoms with Gasteiger partial charge in [-0.05, 0) is 41.5 Å². The second kappa shape index (κ2) is 7.08. The number of hydrogen-bond acceptors (Lipinski definition) is 1. The highest BCUT2D eigenvalue weighted by molar-refractivity contribution is 9.10. The minimum absolute atomic E-state index is 0.786. The maximum absolute atomic E-state index is 4.81. The van der Waals surface area contributed by atoms with Crippen LogP contribution in [0.1, 0.15) is 17.0 Å². The van der Waals surface area contributed by atoms with E-state index in [2.05, 4.69) is 81.2 Å². The third kappa shape index (κ3) is 3.57. The Bertz CT molecular complexity index is 1030. The van der Waals surface area contributed by atoms with Gasteiger partial charge in [0.05, 0.1) is 11.0 Å². The van der Waals surface area contributed by atoms with Gasteiger partial charge in [0.2, 0.25) is 0 Å². The molecule has 0 saturated carbocycles. The highest BCUT2D eigenvalue weighted by atomic mass is 79.9. The highest BCUT2D eigenvalue weighted by Crippen LogP contribution is 2.21. The lowest BCUT2D eigenvalue weighted by Gasteiger charge is -2.08. The summed E-state index contributed by atoms with van der Waals surface area (Å²) in [5.41, 5.74) is 4.58. The summed E-state index contributed by atoms with van der Waals surface area (Å²) >= 11 is 3.56. The molecule has 0 aliphatic heterocycles. The van der Waals surface area contributed by atoms with Crippen molar-refractivity contribution in [2.45, 2.75) is 6.54 Å². The maximum atomic E-state index is 4.81. The summed E-state index contributed by atoms with van der Waals surface area (Å²) in [5, 5.41) is 0. The van der Waals surface area contributed by atoms with Crippen molar-refractivity contribution in [2.75, 3.05) is 0 Å². The largest absolute Gasteiger partial charge is 0.320 e. The summed E-state index contributed by atoms with van der Waals surface area (Å²) in [6.45, 7) is 0.786. The first-order valence-corrected chi connectivity index (χ1v) is 9.02. The second-order valence-electron chi connectivity index (χ2n) is 5.92. The molecule has 4 rings (SSSR count). The van der Waals surface area contributed by atoms with Crippen LogP contribution in [-0.4, -0.2) is 9.55 Å². The van der Waals surface area contributed by atoms with Gasteiger partial charge in [0.25, 0.3) is 0 Å². The van der Waals surface area contributed by atoms with Crippen molar-refractivity contribution in [1.29, 1.82) is 0 Å². The van der Waals surface area contributed by atoms with E-state index in [1.165, 1.54) is 11.1 Å². The lowest BCUT2D eigenvalue weighted by Crippen LogP contribution is -2.02. The third-order valence-electron chi connectivity index (χ3n) is 4.14. The van der Waals surface area contributed by atoms with Crippen LogP contribution in [0.15, 0.2) is 83.3 Å². The van der Waals surface area contributed by atoms with Crippen LogP contribution in [0.3, 0.4) is 0 Å². The zero-order chi connectivity index (χ0) is 17.1. The fourth-order valence-electron chi connectivity index (χ4n) is 2.94. The van der Waals surface area contributed by atoms with Gasteiger partial charge in [0, 0.05) is 11.0 Å². The van der Waals surface area contributed by atoms with Gasteiger partial charge in [0.1, 0.15) is 5.82 Å². The molecule has 0 fully saturated rings. The number of fused-ring (bicyclic) bond motifs is 1. The minimum atomic E-state index is 0.786. The number of benzene rings is 3. The number of para-hydroxylation sites is 2. The first kappa shape index (κ1) is 15.9. The highest BCUT2D eigenvalue weighted by Gasteiger charge is 2.09. The molecule has 0 aliphatic carbocycles. The summed E-state index contributed by atoms with van der Waals surface area (Å²) in [6.07, 6.45) is 4.20. The van der Waals surface area contributed by atoms with Gasteiger partial charge >= 0.3 is 0 Å². The Morgan fingerprint density at radius 3 is 2.48 bits per heavy atom. The van der Waals surface area contributed by atoms with Gasteiger partial charge in [-0.25, -0.2) is 4.98 Å². The molecule has 3 heteroatoms. The molecular formula is C22H17BrN2. The Balaban J connectivity index is 1.77. The van der Waals surface area contributed by atoms with E-state index in [0.29, 0.717) is 0 Å². The summed E-state index contributed by atoms with van der Waals surface area (Å²) in [6, 6.07) is 27.0. The molecule has 25 heavy (non-hydrogen) atoms. The van der Waals surface area contributed by atoms with Crippen LogP contribution in [-0.2, 0) is 6.54 Å². The van der Waals surface area contributed by atoms with E-state index in [9.17, 15) is 0 Å². The fourth-order valence-corrected chi connectivity index (χ4v) is 3.39. The van der Waals surface area contributed by atoms with Crippen LogP contribution in [0.4, 0.5) is 0 Å². The lowest BCUT2D eigenvalue weighted by molar-refractivity contribution is 0.813. The van der Waals surface area contributed by atoms with Gasteiger partial charge in [-0.15, -0.1) is 0 Å². The van der Waals surface area contributed by atoms with Crippen LogP contribution < -0.4 is 0 Å². The zero-order valence-electron chi connectivity index (χ0n) is 13.6. The Hall–Kier alpha value is -2.65. The van der Waals surface area contributed by atoms with Crippen molar-refractivity contribution >= 4 is 39.1 Å². The molecule has 0 unspecified atom stereocenters. The molecule has 0 bridgehead atoms. The van der Waals surface area contributed by atoms with Gasteiger partial charge in [-0.3, -0.25) is 0 Å². The molecule has 0 N–H and O–H groups in total. The summed E-state index contributed by atoms with van der Waals surface area (Å²) in [7, 11) is 0. The lowest BCUT2D eigenvalue weighted by atomic mass is 10.2. The predicted molar refractivity (Wildman–Crippen MR) is 108 cm³/mol. The van der Waals surface area contributed by atoms with Crippen LogP contribution in [0.2, 0.25) is 0 Å². The molecule has 3 aromatic carbocycles. The van der Waals surface area contributed by atoms with E-state index in [1.54, 1.807) is 0 Å². The maximum Gasteiger partial charge on any atom is 0.134 e. The summed E-state index contributed by atoms with van der Waals surface area (Å²) < 4.78 is 3.35. The Kier molecular flexibility index (Phi) is 4.49. The average molecular weight is 389 g/mol.